The van der Waals surface area contributed by atoms with Gasteiger partial charge in [0.1, 0.15) is 5.52 Å². The van der Waals surface area contributed by atoms with E-state index in [0.717, 1.165) is 28.8 Å². The van der Waals surface area contributed by atoms with Gasteiger partial charge in [-0.15, -0.1) is 0 Å². The second-order valence-corrected chi connectivity index (χ2v) is 6.90. The number of benzene rings is 2. The van der Waals surface area contributed by atoms with Gasteiger partial charge in [0.05, 0.1) is 0 Å². The summed E-state index contributed by atoms with van der Waals surface area (Å²) in [5.41, 5.74) is 4.48. The molecular formula is C21H23N3O2S. The number of hydrogen-bond donors (Lipinski definition) is 2. The lowest BCUT2D eigenvalue weighted by Gasteiger charge is -2.09. The Balaban J connectivity index is 1.84. The zero-order chi connectivity index (χ0) is 19.4. The van der Waals surface area contributed by atoms with Crippen LogP contribution in [0.4, 0.5) is 5.69 Å². The van der Waals surface area contributed by atoms with Crippen molar-refractivity contribution in [2.45, 2.75) is 39.5 Å². The minimum atomic E-state index is -0.125. The molecule has 0 fully saturated rings. The van der Waals surface area contributed by atoms with Crippen LogP contribution in [0, 0.1) is 0 Å². The fourth-order valence-corrected chi connectivity index (χ4v) is 2.95. The first-order valence-corrected chi connectivity index (χ1v) is 9.52. The lowest BCUT2D eigenvalue weighted by Crippen LogP contribution is -2.33. The van der Waals surface area contributed by atoms with E-state index in [1.54, 1.807) is 6.92 Å². The fourth-order valence-electron chi connectivity index (χ4n) is 2.72. The number of fused-ring (bicyclic) bond motifs is 1. The Morgan fingerprint density at radius 2 is 2.04 bits per heavy atom. The molecule has 0 aliphatic carbocycles. The number of carbonyl (C=O) groups is 1. The van der Waals surface area contributed by atoms with E-state index in [2.05, 4.69) is 41.6 Å². The molecule has 0 spiro atoms. The van der Waals surface area contributed by atoms with E-state index in [1.165, 1.54) is 5.56 Å². The van der Waals surface area contributed by atoms with Crippen molar-refractivity contribution >= 4 is 40.0 Å². The first kappa shape index (κ1) is 19.0. The average Bonchev–Trinajstić information content (AvgIpc) is 3.10. The average molecular weight is 382 g/mol. The van der Waals surface area contributed by atoms with Gasteiger partial charge in [-0.05, 0) is 60.5 Å². The smallest absolute Gasteiger partial charge is 0.227 e. The molecule has 2 N–H and O–H groups in total. The Morgan fingerprint density at radius 1 is 1.22 bits per heavy atom. The molecule has 3 aromatic rings. The van der Waals surface area contributed by atoms with Gasteiger partial charge in [-0.3, -0.25) is 4.79 Å². The molecule has 0 saturated heterocycles. The second kappa shape index (κ2) is 8.31. The Bertz CT molecular complexity index is 980. The van der Waals surface area contributed by atoms with Crippen molar-refractivity contribution in [2.75, 3.05) is 5.32 Å². The Kier molecular flexibility index (Phi) is 5.86. The number of hydrogen-bond acceptors (Lipinski definition) is 4. The van der Waals surface area contributed by atoms with Crippen molar-refractivity contribution in [2.24, 2.45) is 0 Å². The molecule has 27 heavy (non-hydrogen) atoms. The maximum Gasteiger partial charge on any atom is 0.227 e. The summed E-state index contributed by atoms with van der Waals surface area (Å²) >= 11 is 5.16. The summed E-state index contributed by atoms with van der Waals surface area (Å²) in [6.07, 6.45) is 1.46. The number of aromatic nitrogens is 1. The zero-order valence-electron chi connectivity index (χ0n) is 15.7. The summed E-state index contributed by atoms with van der Waals surface area (Å²) in [4.78, 5) is 16.1. The number of oxazole rings is 1. The summed E-state index contributed by atoms with van der Waals surface area (Å²) in [7, 11) is 0. The van der Waals surface area contributed by atoms with Crippen molar-refractivity contribution in [3.8, 4) is 11.5 Å². The predicted octanol–water partition coefficient (Wildman–Crippen LogP) is 5.23. The highest BCUT2D eigenvalue weighted by atomic mass is 32.1. The van der Waals surface area contributed by atoms with Gasteiger partial charge in [0.2, 0.25) is 11.8 Å². The number of nitrogens with one attached hydrogen (secondary N) is 2. The van der Waals surface area contributed by atoms with Gasteiger partial charge in [-0.2, -0.15) is 0 Å². The van der Waals surface area contributed by atoms with Gasteiger partial charge >= 0.3 is 0 Å². The predicted molar refractivity (Wildman–Crippen MR) is 113 cm³/mol. The van der Waals surface area contributed by atoms with Gasteiger partial charge in [-0.1, -0.05) is 32.9 Å². The zero-order valence-corrected chi connectivity index (χ0v) is 16.5. The van der Waals surface area contributed by atoms with Crippen LogP contribution in [0.25, 0.3) is 22.6 Å². The van der Waals surface area contributed by atoms with Crippen molar-refractivity contribution in [3.63, 3.8) is 0 Å². The molecule has 6 heteroatoms. The highest BCUT2D eigenvalue weighted by molar-refractivity contribution is 7.80. The molecule has 0 aliphatic rings. The molecule has 1 unspecified atom stereocenters. The maximum absolute atomic E-state index is 11.4. The van der Waals surface area contributed by atoms with Crippen LogP contribution in [0.5, 0.6) is 0 Å². The van der Waals surface area contributed by atoms with Crippen LogP contribution < -0.4 is 10.6 Å². The fraction of sp³-hybridized carbons (Fsp3) is 0.286. The molecular weight excluding hydrogens is 358 g/mol. The molecule has 0 bridgehead atoms. The largest absolute Gasteiger partial charge is 0.436 e. The number of amides is 1. The van der Waals surface area contributed by atoms with E-state index in [4.69, 9.17) is 16.6 Å². The van der Waals surface area contributed by atoms with E-state index in [1.807, 2.05) is 30.3 Å². The summed E-state index contributed by atoms with van der Waals surface area (Å²) in [6.45, 7) is 6.16. The van der Waals surface area contributed by atoms with Crippen LogP contribution in [-0.4, -0.2) is 16.0 Å². The van der Waals surface area contributed by atoms with E-state index < -0.39 is 0 Å². The first-order valence-electron chi connectivity index (χ1n) is 9.12. The van der Waals surface area contributed by atoms with Crippen molar-refractivity contribution in [1.29, 1.82) is 0 Å². The van der Waals surface area contributed by atoms with Crippen molar-refractivity contribution in [3.05, 3.63) is 48.0 Å². The molecule has 0 aliphatic heterocycles. The maximum atomic E-state index is 11.4. The minimum absolute atomic E-state index is 0.125. The summed E-state index contributed by atoms with van der Waals surface area (Å²) in [5, 5.41) is 5.91. The topological polar surface area (TPSA) is 67.2 Å². The molecule has 1 heterocycles. The molecule has 1 atom stereocenters. The molecule has 1 amide bonds. The molecule has 0 saturated carbocycles. The standard InChI is InChI=1S/C21H23N3O2S/c1-4-13(3)14-9-10-18-17(12-14)23-20(26-18)15-7-6-8-16(11-15)22-21(27)24-19(25)5-2/h6-13H,4-5H2,1-3H3,(H2,22,24,25,27). The lowest BCUT2D eigenvalue weighted by atomic mass is 9.98. The van der Waals surface area contributed by atoms with Crippen LogP contribution in [0.15, 0.2) is 46.9 Å². The van der Waals surface area contributed by atoms with Crippen molar-refractivity contribution < 1.29 is 9.21 Å². The SMILES string of the molecule is CCC(=O)NC(=S)Nc1cccc(-c2nc3cc(C(C)CC)ccc3o2)c1. The third-order valence-corrected chi connectivity index (χ3v) is 4.74. The number of nitrogens with zero attached hydrogens (tertiary/aromatic N) is 1. The summed E-state index contributed by atoms with van der Waals surface area (Å²) in [6, 6.07) is 13.7. The third kappa shape index (κ3) is 4.52. The van der Waals surface area contributed by atoms with E-state index in [-0.39, 0.29) is 11.0 Å². The number of thiocarbonyl (C=S) groups is 1. The molecule has 1 aromatic heterocycles. The van der Waals surface area contributed by atoms with E-state index >= 15 is 0 Å². The molecule has 2 aromatic carbocycles. The van der Waals surface area contributed by atoms with Crippen LogP contribution in [0.2, 0.25) is 0 Å². The van der Waals surface area contributed by atoms with Gasteiger partial charge in [-0.25, -0.2) is 4.98 Å². The van der Waals surface area contributed by atoms with E-state index in [9.17, 15) is 4.79 Å². The third-order valence-electron chi connectivity index (χ3n) is 4.53. The molecule has 5 nitrogen and oxygen atoms in total. The highest BCUT2D eigenvalue weighted by Crippen LogP contribution is 2.29. The van der Waals surface area contributed by atoms with Crippen LogP contribution >= 0.6 is 12.2 Å². The summed E-state index contributed by atoms with van der Waals surface area (Å²) in [5.74, 6) is 0.916. The van der Waals surface area contributed by atoms with Crippen LogP contribution in [-0.2, 0) is 4.79 Å². The lowest BCUT2D eigenvalue weighted by molar-refractivity contribution is -0.119. The minimum Gasteiger partial charge on any atom is -0.436 e. The monoisotopic (exact) mass is 381 g/mol. The highest BCUT2D eigenvalue weighted by Gasteiger charge is 2.12. The number of anilines is 1. The Hall–Kier alpha value is -2.73. The molecule has 0 radical (unpaired) electrons. The number of rotatable bonds is 5. The van der Waals surface area contributed by atoms with E-state index in [0.29, 0.717) is 18.2 Å². The van der Waals surface area contributed by atoms with Crippen LogP contribution in [0.1, 0.15) is 45.1 Å². The normalized spacial score (nSPS) is 12.0. The van der Waals surface area contributed by atoms with Gasteiger partial charge in [0, 0.05) is 17.7 Å². The summed E-state index contributed by atoms with van der Waals surface area (Å²) < 4.78 is 5.92. The Morgan fingerprint density at radius 3 is 2.78 bits per heavy atom. The quantitative estimate of drug-likeness (QED) is 0.592. The van der Waals surface area contributed by atoms with Gasteiger partial charge < -0.3 is 15.1 Å². The number of carbonyl (C=O) groups excluding carboxylic acids is 1. The first-order chi connectivity index (χ1) is 13.0. The molecule has 3 rings (SSSR count). The van der Waals surface area contributed by atoms with Crippen molar-refractivity contribution in [1.82, 2.24) is 10.3 Å². The van der Waals surface area contributed by atoms with Gasteiger partial charge in [0.15, 0.2) is 10.7 Å². The van der Waals surface area contributed by atoms with Crippen LogP contribution in [0.3, 0.4) is 0 Å². The Labute approximate surface area is 164 Å². The molecule has 140 valence electrons. The van der Waals surface area contributed by atoms with Gasteiger partial charge in [0.25, 0.3) is 0 Å². The second-order valence-electron chi connectivity index (χ2n) is 6.49.